The molecule has 0 bridgehead atoms. The molecule has 4 nitrogen and oxygen atoms in total. The Labute approximate surface area is 148 Å². The van der Waals surface area contributed by atoms with E-state index in [1.807, 2.05) is 18.2 Å². The van der Waals surface area contributed by atoms with E-state index in [9.17, 15) is 13.2 Å². The van der Waals surface area contributed by atoms with Gasteiger partial charge in [0, 0.05) is 29.4 Å². The van der Waals surface area contributed by atoms with Crippen molar-refractivity contribution in [2.75, 3.05) is 5.32 Å². The van der Waals surface area contributed by atoms with Gasteiger partial charge in [0.15, 0.2) is 0 Å². The summed E-state index contributed by atoms with van der Waals surface area (Å²) in [6, 6.07) is 11.1. The lowest BCUT2D eigenvalue weighted by molar-refractivity contribution is -0.274. The Morgan fingerprint density at radius 2 is 1.69 bits per heavy atom. The topological polar surface area (TPSA) is 69.0 Å². The third-order valence-corrected chi connectivity index (χ3v) is 4.08. The minimum atomic E-state index is -4.72. The highest BCUT2D eigenvalue weighted by Crippen LogP contribution is 2.32. The van der Waals surface area contributed by atoms with Crippen LogP contribution in [-0.4, -0.2) is 18.8 Å². The van der Waals surface area contributed by atoms with Gasteiger partial charge >= 0.3 is 6.36 Å². The van der Waals surface area contributed by atoms with Gasteiger partial charge in [-0.1, -0.05) is 12.1 Å². The first-order chi connectivity index (χ1) is 12.4. The third-order valence-electron chi connectivity index (χ3n) is 4.08. The van der Waals surface area contributed by atoms with Gasteiger partial charge in [-0.3, -0.25) is 0 Å². The summed E-state index contributed by atoms with van der Waals surface area (Å²) in [6.07, 6.45) is -0.739. The maximum atomic E-state index is 12.2. The molecule has 1 aliphatic carbocycles. The van der Waals surface area contributed by atoms with Gasteiger partial charge in [-0.05, 0) is 59.9 Å². The normalized spacial score (nSPS) is 13.8. The maximum Gasteiger partial charge on any atom is 0.573 e. The fourth-order valence-electron chi connectivity index (χ4n) is 2.94. The summed E-state index contributed by atoms with van der Waals surface area (Å²) in [5.41, 5.74) is 5.00. The van der Waals surface area contributed by atoms with Crippen LogP contribution in [0.4, 0.5) is 18.9 Å². The molecular weight excluding hydrogens is 343 g/mol. The number of alkyl halides is 3. The van der Waals surface area contributed by atoms with Gasteiger partial charge in [0.1, 0.15) is 5.75 Å². The number of nitrogens with one attached hydrogen (secondary N) is 3. The van der Waals surface area contributed by atoms with Crippen molar-refractivity contribution in [3.63, 3.8) is 0 Å². The second kappa shape index (κ2) is 7.03. The largest absolute Gasteiger partial charge is 0.573 e. The zero-order valence-corrected chi connectivity index (χ0v) is 13.7. The van der Waals surface area contributed by atoms with Crippen molar-refractivity contribution in [3.05, 3.63) is 64.9 Å². The van der Waals surface area contributed by atoms with Crippen LogP contribution in [0.1, 0.15) is 23.1 Å². The Morgan fingerprint density at radius 1 is 0.962 bits per heavy atom. The highest BCUT2D eigenvalue weighted by molar-refractivity contribution is 6.11. The first-order valence-electron chi connectivity index (χ1n) is 7.90. The fourth-order valence-corrected chi connectivity index (χ4v) is 2.94. The predicted octanol–water partition coefficient (Wildman–Crippen LogP) is 5.00. The maximum absolute atomic E-state index is 12.2. The highest BCUT2D eigenvalue weighted by Gasteiger charge is 2.31. The van der Waals surface area contributed by atoms with E-state index in [2.05, 4.69) is 10.1 Å². The van der Waals surface area contributed by atoms with Gasteiger partial charge < -0.3 is 20.9 Å². The molecule has 2 aromatic rings. The molecule has 134 valence electrons. The van der Waals surface area contributed by atoms with E-state index < -0.39 is 6.36 Å². The lowest BCUT2D eigenvalue weighted by atomic mass is 9.88. The molecule has 0 unspecified atom stereocenters. The summed E-state index contributed by atoms with van der Waals surface area (Å²) in [7, 11) is 0. The van der Waals surface area contributed by atoms with Crippen LogP contribution < -0.4 is 10.1 Å². The summed E-state index contributed by atoms with van der Waals surface area (Å²) >= 11 is 0. The Hall–Kier alpha value is -3.09. The van der Waals surface area contributed by atoms with E-state index in [1.165, 1.54) is 36.7 Å². The Kier molecular flexibility index (Phi) is 4.79. The van der Waals surface area contributed by atoms with Crippen LogP contribution in [0, 0.1) is 10.8 Å². The van der Waals surface area contributed by atoms with Gasteiger partial charge in [-0.2, -0.15) is 0 Å². The Morgan fingerprint density at radius 3 is 2.31 bits per heavy atom. The van der Waals surface area contributed by atoms with E-state index in [-0.39, 0.29) is 5.75 Å². The van der Waals surface area contributed by atoms with E-state index in [1.54, 1.807) is 0 Å². The molecule has 3 N–H and O–H groups in total. The molecule has 0 heterocycles. The van der Waals surface area contributed by atoms with E-state index >= 15 is 0 Å². The lowest BCUT2D eigenvalue weighted by Crippen LogP contribution is -2.17. The molecule has 0 saturated carbocycles. The fraction of sp³-hybridized carbons (Fsp3) is 0.158. The molecule has 0 spiro atoms. The number of hydrogen-bond donors (Lipinski definition) is 3. The summed E-state index contributed by atoms with van der Waals surface area (Å²) in [5.74, 6) is -0.280. The molecule has 7 heteroatoms. The summed E-state index contributed by atoms with van der Waals surface area (Å²) in [6.45, 7) is 0. The quantitative estimate of drug-likeness (QED) is 0.658. The number of benzene rings is 2. The first-order valence-corrected chi connectivity index (χ1v) is 7.90. The average Bonchev–Trinajstić information content (AvgIpc) is 2.61. The smallest absolute Gasteiger partial charge is 0.406 e. The lowest BCUT2D eigenvalue weighted by Gasteiger charge is -2.23. The number of fused-ring (bicyclic) bond motifs is 1. The third kappa shape index (κ3) is 3.93. The molecule has 0 aromatic heterocycles. The SMILES string of the molecule is N=CC1=C(Nc2ccc(OC(F)(F)F)cc2)CCc2cc(C=N)ccc21. The number of rotatable bonds is 5. The van der Waals surface area contributed by atoms with Crippen LogP contribution in [-0.2, 0) is 6.42 Å². The molecule has 26 heavy (non-hydrogen) atoms. The second-order valence-corrected chi connectivity index (χ2v) is 5.79. The number of ether oxygens (including phenoxy) is 1. The monoisotopic (exact) mass is 359 g/mol. The highest BCUT2D eigenvalue weighted by atomic mass is 19.4. The van der Waals surface area contributed by atoms with Crippen molar-refractivity contribution in [1.29, 1.82) is 10.8 Å². The summed E-state index contributed by atoms with van der Waals surface area (Å²) in [5, 5.41) is 18.3. The van der Waals surface area contributed by atoms with Crippen LogP contribution in [0.3, 0.4) is 0 Å². The van der Waals surface area contributed by atoms with Crippen LogP contribution in [0.25, 0.3) is 5.57 Å². The van der Waals surface area contributed by atoms with Crippen molar-refractivity contribution in [2.45, 2.75) is 19.2 Å². The number of halogens is 3. The van der Waals surface area contributed by atoms with Crippen LogP contribution >= 0.6 is 0 Å². The zero-order chi connectivity index (χ0) is 18.7. The molecule has 1 aliphatic rings. The number of aryl methyl sites for hydroxylation is 1. The number of anilines is 1. The predicted molar refractivity (Wildman–Crippen MR) is 95.1 cm³/mol. The van der Waals surface area contributed by atoms with Crippen LogP contribution in [0.15, 0.2) is 48.2 Å². The Balaban J connectivity index is 1.85. The van der Waals surface area contributed by atoms with Crippen molar-refractivity contribution >= 4 is 23.7 Å². The molecule has 0 radical (unpaired) electrons. The van der Waals surface area contributed by atoms with Crippen molar-refractivity contribution in [3.8, 4) is 5.75 Å². The van der Waals surface area contributed by atoms with Gasteiger partial charge in [-0.25, -0.2) is 0 Å². The van der Waals surface area contributed by atoms with Crippen molar-refractivity contribution < 1.29 is 17.9 Å². The molecule has 0 atom stereocenters. The van der Waals surface area contributed by atoms with Crippen molar-refractivity contribution in [1.82, 2.24) is 0 Å². The first kappa shape index (κ1) is 17.7. The standard InChI is InChI=1S/C19H16F3N3O/c20-19(21,22)26-15-5-3-14(4-6-15)25-18-8-2-13-9-12(10-23)1-7-16(13)17(18)11-24/h1,3-7,9-11,23-25H,2,8H2. The molecular formula is C19H16F3N3O. The van der Waals surface area contributed by atoms with Gasteiger partial charge in [-0.15, -0.1) is 13.2 Å². The Bertz CT molecular complexity index is 871. The number of allylic oxidation sites excluding steroid dienone is 2. The minimum absolute atomic E-state index is 0.280. The van der Waals surface area contributed by atoms with E-state index in [0.717, 1.165) is 34.4 Å². The van der Waals surface area contributed by atoms with Gasteiger partial charge in [0.05, 0.1) is 0 Å². The van der Waals surface area contributed by atoms with E-state index in [0.29, 0.717) is 12.1 Å². The molecule has 0 saturated heterocycles. The van der Waals surface area contributed by atoms with Gasteiger partial charge in [0.2, 0.25) is 0 Å². The number of hydrogen-bond acceptors (Lipinski definition) is 4. The molecule has 0 fully saturated rings. The second-order valence-electron chi connectivity index (χ2n) is 5.79. The van der Waals surface area contributed by atoms with Crippen LogP contribution in [0.2, 0.25) is 0 Å². The summed E-state index contributed by atoms with van der Waals surface area (Å²) < 4.78 is 40.5. The van der Waals surface area contributed by atoms with E-state index in [4.69, 9.17) is 10.8 Å². The molecule has 0 amide bonds. The zero-order valence-electron chi connectivity index (χ0n) is 13.7. The molecule has 3 rings (SSSR count). The van der Waals surface area contributed by atoms with Gasteiger partial charge in [0.25, 0.3) is 0 Å². The van der Waals surface area contributed by atoms with Crippen molar-refractivity contribution in [2.24, 2.45) is 0 Å². The summed E-state index contributed by atoms with van der Waals surface area (Å²) in [4.78, 5) is 0. The molecule has 2 aromatic carbocycles. The van der Waals surface area contributed by atoms with Crippen LogP contribution in [0.5, 0.6) is 5.75 Å². The average molecular weight is 359 g/mol. The minimum Gasteiger partial charge on any atom is -0.406 e. The molecule has 0 aliphatic heterocycles.